The van der Waals surface area contributed by atoms with E-state index in [1.165, 1.54) is 44.9 Å². The minimum Gasteiger partial charge on any atom is -0.353 e. The van der Waals surface area contributed by atoms with Crippen molar-refractivity contribution in [1.82, 2.24) is 5.32 Å². The lowest BCUT2D eigenvalue weighted by Gasteiger charge is -2.33. The fraction of sp³-hybridized carbons (Fsp3) is 0.938. The average Bonchev–Trinajstić information content (AvgIpc) is 2.48. The quantitative estimate of drug-likeness (QED) is 0.822. The summed E-state index contributed by atoms with van der Waals surface area (Å²) >= 11 is 0. The molecule has 3 atom stereocenters. The van der Waals surface area contributed by atoms with Crippen LogP contribution >= 0.6 is 0 Å². The summed E-state index contributed by atoms with van der Waals surface area (Å²) in [7, 11) is 0. The number of carbonyl (C=O) groups excluding carboxylic acids is 1. The van der Waals surface area contributed by atoms with E-state index in [2.05, 4.69) is 12.2 Å². The molecule has 0 aromatic heterocycles. The van der Waals surface area contributed by atoms with Gasteiger partial charge in [-0.25, -0.2) is 0 Å². The smallest absolute Gasteiger partial charge is 0.223 e. The Balaban J connectivity index is 1.84. The third-order valence-electron chi connectivity index (χ3n) is 5.28. The van der Waals surface area contributed by atoms with Gasteiger partial charge in [-0.1, -0.05) is 32.1 Å². The van der Waals surface area contributed by atoms with Gasteiger partial charge in [-0.2, -0.15) is 0 Å². The highest BCUT2D eigenvalue weighted by atomic mass is 16.2. The highest BCUT2D eigenvalue weighted by Crippen LogP contribution is 2.31. The molecule has 2 unspecified atom stereocenters. The van der Waals surface area contributed by atoms with Gasteiger partial charge in [0.25, 0.3) is 0 Å². The van der Waals surface area contributed by atoms with E-state index >= 15 is 0 Å². The van der Waals surface area contributed by atoms with Gasteiger partial charge < -0.3 is 11.1 Å². The second-order valence-corrected chi connectivity index (χ2v) is 6.58. The maximum atomic E-state index is 12.5. The Labute approximate surface area is 117 Å². The summed E-state index contributed by atoms with van der Waals surface area (Å²) in [6.45, 7) is 2.85. The predicted molar refractivity (Wildman–Crippen MR) is 78.7 cm³/mol. The molecule has 0 bridgehead atoms. The van der Waals surface area contributed by atoms with E-state index in [-0.39, 0.29) is 11.8 Å². The van der Waals surface area contributed by atoms with Crippen molar-refractivity contribution in [2.24, 2.45) is 23.5 Å². The van der Waals surface area contributed by atoms with Gasteiger partial charge in [-0.15, -0.1) is 0 Å². The Kier molecular flexibility index (Phi) is 5.68. The molecule has 2 fully saturated rings. The zero-order chi connectivity index (χ0) is 13.7. The predicted octanol–water partition coefficient (Wildman–Crippen LogP) is 2.84. The van der Waals surface area contributed by atoms with Gasteiger partial charge in [0.05, 0.1) is 0 Å². The number of hydrogen-bond donors (Lipinski definition) is 2. The van der Waals surface area contributed by atoms with Crippen molar-refractivity contribution < 1.29 is 4.79 Å². The largest absolute Gasteiger partial charge is 0.353 e. The molecule has 0 saturated heterocycles. The van der Waals surface area contributed by atoms with Gasteiger partial charge >= 0.3 is 0 Å². The van der Waals surface area contributed by atoms with E-state index in [0.29, 0.717) is 24.4 Å². The van der Waals surface area contributed by atoms with Gasteiger partial charge in [0.2, 0.25) is 5.91 Å². The number of carbonyl (C=O) groups is 1. The molecule has 0 radical (unpaired) electrons. The third-order valence-corrected chi connectivity index (χ3v) is 5.28. The molecular formula is C16H30N2O. The van der Waals surface area contributed by atoms with E-state index in [4.69, 9.17) is 5.73 Å². The van der Waals surface area contributed by atoms with Crippen molar-refractivity contribution in [2.45, 2.75) is 70.8 Å². The van der Waals surface area contributed by atoms with Gasteiger partial charge in [-0.3, -0.25) is 4.79 Å². The van der Waals surface area contributed by atoms with Crippen LogP contribution in [0.3, 0.4) is 0 Å². The second kappa shape index (κ2) is 7.28. The summed E-state index contributed by atoms with van der Waals surface area (Å²) in [6, 6.07) is 0.341. The molecule has 2 rings (SSSR count). The maximum Gasteiger partial charge on any atom is 0.223 e. The van der Waals surface area contributed by atoms with Gasteiger partial charge in [0, 0.05) is 12.0 Å². The van der Waals surface area contributed by atoms with Gasteiger partial charge in [-0.05, 0) is 51.0 Å². The van der Waals surface area contributed by atoms with Crippen LogP contribution in [0, 0.1) is 17.8 Å². The normalized spacial score (nSPS) is 30.8. The first-order valence-electron chi connectivity index (χ1n) is 8.22. The Morgan fingerprint density at radius 1 is 1.11 bits per heavy atom. The molecule has 0 aromatic rings. The lowest BCUT2D eigenvalue weighted by molar-refractivity contribution is -0.128. The third kappa shape index (κ3) is 3.95. The summed E-state index contributed by atoms with van der Waals surface area (Å²) in [5.74, 6) is 1.54. The van der Waals surface area contributed by atoms with Crippen molar-refractivity contribution in [2.75, 3.05) is 6.54 Å². The lowest BCUT2D eigenvalue weighted by Crippen LogP contribution is -2.45. The Bertz CT molecular complexity index is 286. The molecule has 3 heteroatoms. The van der Waals surface area contributed by atoms with Crippen LogP contribution in [0.4, 0.5) is 0 Å². The first-order valence-corrected chi connectivity index (χ1v) is 8.22. The maximum absolute atomic E-state index is 12.5. The van der Waals surface area contributed by atoms with Gasteiger partial charge in [0.1, 0.15) is 0 Å². The molecule has 2 saturated carbocycles. The molecule has 0 spiro atoms. The van der Waals surface area contributed by atoms with Crippen LogP contribution < -0.4 is 11.1 Å². The summed E-state index contributed by atoms with van der Waals surface area (Å²) in [5, 5.41) is 3.29. The van der Waals surface area contributed by atoms with E-state index in [1.54, 1.807) is 0 Å². The minimum absolute atomic E-state index is 0.171. The molecule has 3 nitrogen and oxygen atoms in total. The SMILES string of the molecule is C[C@@H](NC(=O)C1CCCCC1CN)C1CCCCC1. The number of rotatable bonds is 4. The topological polar surface area (TPSA) is 55.1 Å². The van der Waals surface area contributed by atoms with Crippen molar-refractivity contribution in [3.05, 3.63) is 0 Å². The standard InChI is InChI=1S/C16H30N2O/c1-12(13-7-3-2-4-8-13)18-16(19)15-10-6-5-9-14(15)11-17/h12-15H,2-11,17H2,1H3,(H,18,19)/t12-,14?,15?/m1/s1. The van der Waals surface area contributed by atoms with Gasteiger partial charge in [0.15, 0.2) is 0 Å². The summed E-state index contributed by atoms with van der Waals surface area (Å²) in [6.07, 6.45) is 11.2. The molecule has 0 heterocycles. The monoisotopic (exact) mass is 266 g/mol. The summed E-state index contributed by atoms with van der Waals surface area (Å²) < 4.78 is 0. The first kappa shape index (κ1) is 14.8. The molecule has 1 amide bonds. The highest BCUT2D eigenvalue weighted by Gasteiger charge is 2.31. The molecule has 2 aliphatic rings. The Morgan fingerprint density at radius 2 is 1.74 bits per heavy atom. The number of nitrogens with two attached hydrogens (primary N) is 1. The summed E-state index contributed by atoms with van der Waals surface area (Å²) in [4.78, 5) is 12.5. The van der Waals surface area contributed by atoms with Crippen molar-refractivity contribution in [3.63, 3.8) is 0 Å². The summed E-state index contributed by atoms with van der Waals surface area (Å²) in [5.41, 5.74) is 5.83. The molecule has 0 aromatic carbocycles. The van der Waals surface area contributed by atoms with Crippen LogP contribution in [-0.2, 0) is 4.79 Å². The zero-order valence-corrected chi connectivity index (χ0v) is 12.4. The molecule has 19 heavy (non-hydrogen) atoms. The van der Waals surface area contributed by atoms with Crippen molar-refractivity contribution in [3.8, 4) is 0 Å². The minimum atomic E-state index is 0.171. The Morgan fingerprint density at radius 3 is 2.42 bits per heavy atom. The van der Waals surface area contributed by atoms with Crippen LogP contribution in [0.15, 0.2) is 0 Å². The van der Waals surface area contributed by atoms with Crippen LogP contribution in [0.1, 0.15) is 64.7 Å². The van der Waals surface area contributed by atoms with Crippen molar-refractivity contribution in [1.29, 1.82) is 0 Å². The highest BCUT2D eigenvalue weighted by molar-refractivity contribution is 5.79. The molecule has 0 aliphatic heterocycles. The van der Waals surface area contributed by atoms with E-state index in [9.17, 15) is 4.79 Å². The van der Waals surface area contributed by atoms with Crippen LogP contribution in [0.25, 0.3) is 0 Å². The van der Waals surface area contributed by atoms with Crippen LogP contribution in [-0.4, -0.2) is 18.5 Å². The zero-order valence-electron chi connectivity index (χ0n) is 12.4. The van der Waals surface area contributed by atoms with E-state index in [0.717, 1.165) is 12.8 Å². The molecule has 110 valence electrons. The lowest BCUT2D eigenvalue weighted by atomic mass is 9.78. The van der Waals surface area contributed by atoms with Crippen LogP contribution in [0.2, 0.25) is 0 Å². The van der Waals surface area contributed by atoms with E-state index < -0.39 is 0 Å². The number of amides is 1. The molecule has 2 aliphatic carbocycles. The molecule has 3 N–H and O–H groups in total. The average molecular weight is 266 g/mol. The first-order chi connectivity index (χ1) is 9.22. The number of hydrogen-bond acceptors (Lipinski definition) is 2. The number of nitrogens with one attached hydrogen (secondary N) is 1. The van der Waals surface area contributed by atoms with E-state index in [1.807, 2.05) is 0 Å². The van der Waals surface area contributed by atoms with Crippen molar-refractivity contribution >= 4 is 5.91 Å². The fourth-order valence-corrected chi connectivity index (χ4v) is 3.92. The Hall–Kier alpha value is -0.570. The fourth-order valence-electron chi connectivity index (χ4n) is 3.92. The second-order valence-electron chi connectivity index (χ2n) is 6.58. The van der Waals surface area contributed by atoms with Crippen LogP contribution in [0.5, 0.6) is 0 Å². The molecular weight excluding hydrogens is 236 g/mol.